The van der Waals surface area contributed by atoms with E-state index in [4.69, 9.17) is 0 Å². The van der Waals surface area contributed by atoms with E-state index in [1.165, 1.54) is 12.0 Å². The quantitative estimate of drug-likeness (QED) is 0.618. The minimum Gasteiger partial charge on any atom is -0.468 e. The molecule has 0 saturated carbocycles. The van der Waals surface area contributed by atoms with Gasteiger partial charge in [0.25, 0.3) is 0 Å². The van der Waals surface area contributed by atoms with Gasteiger partial charge < -0.3 is 4.74 Å². The number of esters is 1. The maximum atomic E-state index is 11.1. The lowest BCUT2D eigenvalue weighted by Gasteiger charge is -2.26. The zero-order valence-corrected chi connectivity index (χ0v) is 7.43. The van der Waals surface area contributed by atoms with Gasteiger partial charge in [-0.25, -0.2) is 0 Å². The predicted molar refractivity (Wildman–Crippen MR) is 47.1 cm³/mol. The monoisotopic (exact) mass is 180 g/mol. The molecule has 1 aliphatic heterocycles. The summed E-state index contributed by atoms with van der Waals surface area (Å²) in [6, 6.07) is 7.89. The first-order valence-corrected chi connectivity index (χ1v) is 4.54. The van der Waals surface area contributed by atoms with Gasteiger partial charge in [-0.1, -0.05) is 18.2 Å². The van der Waals surface area contributed by atoms with Gasteiger partial charge in [0, 0.05) is 4.90 Å². The highest BCUT2D eigenvalue weighted by Crippen LogP contribution is 2.49. The smallest absolute Gasteiger partial charge is 0.323 e. The highest BCUT2D eigenvalue weighted by atomic mass is 32.2. The van der Waals surface area contributed by atoms with Gasteiger partial charge in [-0.2, -0.15) is 0 Å². The van der Waals surface area contributed by atoms with E-state index in [-0.39, 0.29) is 11.2 Å². The Hall–Kier alpha value is -0.960. The summed E-state index contributed by atoms with van der Waals surface area (Å²) in [4.78, 5) is 12.3. The Balaban J connectivity index is 2.25. The normalized spacial score (nSPS) is 19.2. The molecule has 0 saturated heterocycles. The van der Waals surface area contributed by atoms with Crippen molar-refractivity contribution in [2.75, 3.05) is 7.11 Å². The van der Waals surface area contributed by atoms with E-state index in [1.807, 2.05) is 24.3 Å². The van der Waals surface area contributed by atoms with E-state index in [0.29, 0.717) is 0 Å². The van der Waals surface area contributed by atoms with Crippen LogP contribution < -0.4 is 0 Å². The van der Waals surface area contributed by atoms with Crippen molar-refractivity contribution in [3.05, 3.63) is 29.8 Å². The molecule has 2 rings (SSSR count). The van der Waals surface area contributed by atoms with Crippen molar-refractivity contribution < 1.29 is 9.53 Å². The van der Waals surface area contributed by atoms with Crippen molar-refractivity contribution in [3.63, 3.8) is 0 Å². The molecule has 0 aromatic heterocycles. The van der Waals surface area contributed by atoms with Crippen LogP contribution in [-0.2, 0) is 9.53 Å². The van der Waals surface area contributed by atoms with Crippen molar-refractivity contribution in [2.24, 2.45) is 0 Å². The summed E-state index contributed by atoms with van der Waals surface area (Å²) in [5.74, 6) is -0.154. The highest BCUT2D eigenvalue weighted by molar-refractivity contribution is 8.01. The lowest BCUT2D eigenvalue weighted by molar-refractivity contribution is -0.140. The SMILES string of the molecule is COC(=O)C1Sc2ccccc21. The Morgan fingerprint density at radius 2 is 2.25 bits per heavy atom. The third-order valence-electron chi connectivity index (χ3n) is 1.86. The summed E-state index contributed by atoms with van der Waals surface area (Å²) < 4.78 is 4.65. The number of carbonyl (C=O) groups excluding carboxylic acids is 1. The number of ether oxygens (including phenoxy) is 1. The Morgan fingerprint density at radius 1 is 1.50 bits per heavy atom. The standard InChI is InChI=1S/C9H8O2S/c1-11-9(10)8-6-4-2-3-5-7(6)12-8/h2-5,8H,1H3. The van der Waals surface area contributed by atoms with E-state index in [9.17, 15) is 4.79 Å². The van der Waals surface area contributed by atoms with Gasteiger partial charge in [-0.3, -0.25) is 4.79 Å². The summed E-state index contributed by atoms with van der Waals surface area (Å²) in [5, 5.41) is -0.0915. The molecular weight excluding hydrogens is 172 g/mol. The van der Waals surface area contributed by atoms with E-state index < -0.39 is 0 Å². The lowest BCUT2D eigenvalue weighted by atomic mass is 10.1. The van der Waals surface area contributed by atoms with Crippen molar-refractivity contribution in [3.8, 4) is 0 Å². The van der Waals surface area contributed by atoms with E-state index in [1.54, 1.807) is 11.8 Å². The molecule has 0 bridgehead atoms. The van der Waals surface area contributed by atoms with Crippen molar-refractivity contribution in [1.29, 1.82) is 0 Å². The molecular formula is C9H8O2S. The molecule has 1 aliphatic rings. The molecule has 1 aromatic carbocycles. The maximum absolute atomic E-state index is 11.1. The molecule has 12 heavy (non-hydrogen) atoms. The van der Waals surface area contributed by atoms with Crippen LogP contribution in [0.4, 0.5) is 0 Å². The molecule has 62 valence electrons. The van der Waals surface area contributed by atoms with Crippen LogP contribution >= 0.6 is 11.8 Å². The van der Waals surface area contributed by atoms with Crippen molar-refractivity contribution >= 4 is 17.7 Å². The van der Waals surface area contributed by atoms with Crippen molar-refractivity contribution in [1.82, 2.24) is 0 Å². The van der Waals surface area contributed by atoms with Crippen LogP contribution in [0.15, 0.2) is 29.2 Å². The second-order valence-electron chi connectivity index (χ2n) is 2.56. The molecule has 0 radical (unpaired) electrons. The van der Waals surface area contributed by atoms with Crippen LogP contribution in [0.1, 0.15) is 10.8 Å². The molecule has 3 heteroatoms. The molecule has 1 atom stereocenters. The number of thioether (sulfide) groups is 1. The number of hydrogen-bond acceptors (Lipinski definition) is 3. The zero-order chi connectivity index (χ0) is 8.55. The van der Waals surface area contributed by atoms with E-state index in [0.717, 1.165) is 5.56 Å². The summed E-state index contributed by atoms with van der Waals surface area (Å²) in [6.07, 6.45) is 0. The number of benzene rings is 1. The average molecular weight is 180 g/mol. The molecule has 0 fully saturated rings. The Kier molecular flexibility index (Phi) is 1.81. The average Bonchev–Trinajstić information content (AvgIpc) is 2.07. The van der Waals surface area contributed by atoms with E-state index >= 15 is 0 Å². The molecule has 1 aromatic rings. The molecule has 0 aliphatic carbocycles. The van der Waals surface area contributed by atoms with Gasteiger partial charge >= 0.3 is 5.97 Å². The first-order chi connectivity index (χ1) is 5.83. The Morgan fingerprint density at radius 3 is 2.92 bits per heavy atom. The van der Waals surface area contributed by atoms with Crippen LogP contribution in [0, 0.1) is 0 Å². The molecule has 1 heterocycles. The van der Waals surface area contributed by atoms with Gasteiger partial charge in [0.15, 0.2) is 0 Å². The number of hydrogen-bond donors (Lipinski definition) is 0. The van der Waals surface area contributed by atoms with Gasteiger partial charge in [0.1, 0.15) is 5.25 Å². The lowest BCUT2D eigenvalue weighted by Crippen LogP contribution is -2.17. The van der Waals surface area contributed by atoms with Gasteiger partial charge in [-0.15, -0.1) is 11.8 Å². The molecule has 2 nitrogen and oxygen atoms in total. The van der Waals surface area contributed by atoms with Crippen molar-refractivity contribution in [2.45, 2.75) is 10.1 Å². The molecule has 0 amide bonds. The number of rotatable bonds is 1. The van der Waals surface area contributed by atoms with Gasteiger partial charge in [-0.05, 0) is 11.6 Å². The Bertz CT molecular complexity index is 322. The van der Waals surface area contributed by atoms with Crippen LogP contribution in [0.25, 0.3) is 0 Å². The fourth-order valence-electron chi connectivity index (χ4n) is 1.22. The zero-order valence-electron chi connectivity index (χ0n) is 6.61. The van der Waals surface area contributed by atoms with Crippen LogP contribution in [0.5, 0.6) is 0 Å². The summed E-state index contributed by atoms with van der Waals surface area (Å²) in [7, 11) is 1.42. The fourth-order valence-corrected chi connectivity index (χ4v) is 2.29. The minimum absolute atomic E-state index is 0.0915. The third-order valence-corrected chi connectivity index (χ3v) is 3.17. The molecule has 0 N–H and O–H groups in total. The topological polar surface area (TPSA) is 26.3 Å². The highest BCUT2D eigenvalue weighted by Gasteiger charge is 2.33. The third kappa shape index (κ3) is 1.01. The second kappa shape index (κ2) is 2.83. The minimum atomic E-state index is -0.154. The Labute approximate surface area is 74.9 Å². The van der Waals surface area contributed by atoms with Gasteiger partial charge in [0.05, 0.1) is 7.11 Å². The first-order valence-electron chi connectivity index (χ1n) is 3.66. The maximum Gasteiger partial charge on any atom is 0.323 e. The predicted octanol–water partition coefficient (Wildman–Crippen LogP) is 2.01. The largest absolute Gasteiger partial charge is 0.468 e. The van der Waals surface area contributed by atoms with Crippen LogP contribution in [0.3, 0.4) is 0 Å². The second-order valence-corrected chi connectivity index (χ2v) is 3.71. The summed E-state index contributed by atoms with van der Waals surface area (Å²) in [5.41, 5.74) is 1.09. The van der Waals surface area contributed by atoms with Gasteiger partial charge in [0.2, 0.25) is 0 Å². The summed E-state index contributed by atoms with van der Waals surface area (Å²) in [6.45, 7) is 0. The number of methoxy groups -OCH3 is 1. The number of carbonyl (C=O) groups is 1. The summed E-state index contributed by atoms with van der Waals surface area (Å²) >= 11 is 1.56. The first kappa shape index (κ1) is 7.68. The molecule has 0 spiro atoms. The fraction of sp³-hybridized carbons (Fsp3) is 0.222. The molecule has 1 unspecified atom stereocenters. The number of fused-ring (bicyclic) bond motifs is 1. The van der Waals surface area contributed by atoms with E-state index in [2.05, 4.69) is 4.74 Å². The van der Waals surface area contributed by atoms with Crippen LogP contribution in [0.2, 0.25) is 0 Å². The van der Waals surface area contributed by atoms with Crippen LogP contribution in [-0.4, -0.2) is 13.1 Å².